The number of benzene rings is 2. The van der Waals surface area contributed by atoms with Crippen LogP contribution in [-0.4, -0.2) is 33.1 Å². The van der Waals surface area contributed by atoms with Crippen molar-refractivity contribution in [3.8, 4) is 11.5 Å². The van der Waals surface area contributed by atoms with Gasteiger partial charge in [-0.25, -0.2) is 4.98 Å². The molecule has 0 bridgehead atoms. The topological polar surface area (TPSA) is 92.5 Å². The second-order valence-corrected chi connectivity index (χ2v) is 5.46. The monoisotopic (exact) mass is 334 g/mol. The van der Waals surface area contributed by atoms with E-state index in [9.17, 15) is 9.90 Å². The molecule has 0 aliphatic carbocycles. The third-order valence-electron chi connectivity index (χ3n) is 3.93. The molecule has 124 valence electrons. The van der Waals surface area contributed by atoms with E-state index in [0.717, 1.165) is 15.6 Å². The summed E-state index contributed by atoms with van der Waals surface area (Å²) in [7, 11) is 1.47. The minimum Gasteiger partial charge on any atom is -0.504 e. The van der Waals surface area contributed by atoms with Gasteiger partial charge in [0.1, 0.15) is 17.4 Å². The molecule has 7 nitrogen and oxygen atoms in total. The van der Waals surface area contributed by atoms with Crippen LogP contribution in [-0.2, 0) is 0 Å². The lowest BCUT2D eigenvalue weighted by molar-refractivity contribution is 0.373. The van der Waals surface area contributed by atoms with E-state index >= 15 is 0 Å². The predicted octanol–water partition coefficient (Wildman–Crippen LogP) is 2.47. The predicted molar refractivity (Wildman–Crippen MR) is 95.5 cm³/mol. The minimum absolute atomic E-state index is 0.0398. The van der Waals surface area contributed by atoms with E-state index in [1.807, 2.05) is 24.3 Å². The standard InChI is InChI=1S/C18H14N4O3/c1-25-15-8-11(6-7-14(15)23)9-20-22-10-19-16-12-4-2-3-5-13(12)21-17(16)18(22)24/h2-10,21,23H,1H3/b20-9-. The molecule has 0 aliphatic rings. The Labute approximate surface area is 141 Å². The second kappa shape index (κ2) is 5.79. The van der Waals surface area contributed by atoms with Crippen LogP contribution in [0.3, 0.4) is 0 Å². The molecule has 4 rings (SSSR count). The number of aromatic hydroxyl groups is 1. The van der Waals surface area contributed by atoms with Crippen molar-refractivity contribution in [1.82, 2.24) is 14.6 Å². The number of rotatable bonds is 3. The van der Waals surface area contributed by atoms with E-state index in [4.69, 9.17) is 4.74 Å². The van der Waals surface area contributed by atoms with E-state index in [-0.39, 0.29) is 11.3 Å². The molecule has 4 aromatic rings. The van der Waals surface area contributed by atoms with Crippen LogP contribution in [0.5, 0.6) is 11.5 Å². The molecule has 7 heteroatoms. The maximum Gasteiger partial charge on any atom is 0.298 e. The van der Waals surface area contributed by atoms with Gasteiger partial charge in [-0.05, 0) is 29.8 Å². The fourth-order valence-corrected chi connectivity index (χ4v) is 2.68. The Hall–Kier alpha value is -3.61. The molecule has 0 spiro atoms. The average Bonchev–Trinajstić information content (AvgIpc) is 3.02. The van der Waals surface area contributed by atoms with Crippen molar-refractivity contribution in [2.45, 2.75) is 0 Å². The molecule has 0 unspecified atom stereocenters. The Morgan fingerprint density at radius 3 is 2.96 bits per heavy atom. The Morgan fingerprint density at radius 1 is 1.28 bits per heavy atom. The van der Waals surface area contributed by atoms with Crippen LogP contribution in [0, 0.1) is 0 Å². The highest BCUT2D eigenvalue weighted by Crippen LogP contribution is 2.25. The Balaban J connectivity index is 1.78. The van der Waals surface area contributed by atoms with Crippen molar-refractivity contribution in [2.24, 2.45) is 5.10 Å². The normalized spacial score (nSPS) is 11.6. The molecular formula is C18H14N4O3. The second-order valence-electron chi connectivity index (χ2n) is 5.46. The maximum atomic E-state index is 12.6. The van der Waals surface area contributed by atoms with Gasteiger partial charge in [0, 0.05) is 10.9 Å². The first kappa shape index (κ1) is 14.9. The summed E-state index contributed by atoms with van der Waals surface area (Å²) >= 11 is 0. The van der Waals surface area contributed by atoms with E-state index in [0.29, 0.717) is 22.3 Å². The number of ether oxygens (including phenoxy) is 1. The van der Waals surface area contributed by atoms with Crippen LogP contribution in [0.25, 0.3) is 21.9 Å². The molecule has 2 N–H and O–H groups in total. The zero-order valence-electron chi connectivity index (χ0n) is 13.3. The largest absolute Gasteiger partial charge is 0.504 e. The zero-order chi connectivity index (χ0) is 17.4. The van der Waals surface area contributed by atoms with Gasteiger partial charge >= 0.3 is 0 Å². The first-order chi connectivity index (χ1) is 12.2. The molecule has 2 aromatic heterocycles. The van der Waals surface area contributed by atoms with Gasteiger partial charge in [0.05, 0.1) is 13.3 Å². The molecule has 0 fully saturated rings. The maximum absolute atomic E-state index is 12.6. The summed E-state index contributed by atoms with van der Waals surface area (Å²) in [5, 5.41) is 14.7. The number of phenolic OH excluding ortho intramolecular Hbond substituents is 1. The number of aromatic nitrogens is 3. The number of hydrogen-bond acceptors (Lipinski definition) is 5. The molecule has 0 radical (unpaired) electrons. The van der Waals surface area contributed by atoms with E-state index in [1.54, 1.807) is 12.1 Å². The van der Waals surface area contributed by atoms with Crippen molar-refractivity contribution in [2.75, 3.05) is 7.11 Å². The van der Waals surface area contributed by atoms with Gasteiger partial charge in [-0.15, -0.1) is 0 Å². The van der Waals surface area contributed by atoms with Crippen molar-refractivity contribution < 1.29 is 9.84 Å². The van der Waals surface area contributed by atoms with Crippen molar-refractivity contribution >= 4 is 28.2 Å². The lowest BCUT2D eigenvalue weighted by Gasteiger charge is -2.03. The van der Waals surface area contributed by atoms with Gasteiger partial charge in [0.15, 0.2) is 11.5 Å². The Bertz CT molecular complexity index is 1170. The summed E-state index contributed by atoms with van der Waals surface area (Å²) in [6.45, 7) is 0. The molecule has 2 heterocycles. The van der Waals surface area contributed by atoms with Crippen LogP contribution < -0.4 is 10.3 Å². The highest BCUT2D eigenvalue weighted by atomic mass is 16.5. The van der Waals surface area contributed by atoms with E-state index in [2.05, 4.69) is 15.1 Å². The van der Waals surface area contributed by atoms with Crippen LogP contribution in [0.1, 0.15) is 5.56 Å². The van der Waals surface area contributed by atoms with Gasteiger partial charge in [-0.2, -0.15) is 9.78 Å². The van der Waals surface area contributed by atoms with Crippen LogP contribution in [0.4, 0.5) is 0 Å². The highest BCUT2D eigenvalue weighted by molar-refractivity contribution is 6.04. The van der Waals surface area contributed by atoms with Crippen molar-refractivity contribution in [3.63, 3.8) is 0 Å². The summed E-state index contributed by atoms with van der Waals surface area (Å²) in [4.78, 5) is 20.0. The zero-order valence-corrected chi connectivity index (χ0v) is 13.3. The molecule has 0 saturated heterocycles. The number of para-hydroxylation sites is 1. The first-order valence-corrected chi connectivity index (χ1v) is 7.57. The molecule has 0 aliphatic heterocycles. The molecule has 2 aromatic carbocycles. The quantitative estimate of drug-likeness (QED) is 0.563. The number of nitrogens with one attached hydrogen (secondary N) is 1. The van der Waals surface area contributed by atoms with Crippen LogP contribution in [0.15, 0.2) is 58.7 Å². The first-order valence-electron chi connectivity index (χ1n) is 7.57. The molecule has 0 atom stereocenters. The number of hydrogen-bond donors (Lipinski definition) is 2. The van der Waals surface area contributed by atoms with Gasteiger partial charge in [-0.3, -0.25) is 4.79 Å². The summed E-state index contributed by atoms with van der Waals surface area (Å²) in [5.41, 5.74) is 2.27. The molecule has 25 heavy (non-hydrogen) atoms. The SMILES string of the molecule is COc1cc(/C=N\n2cnc3c([nH]c4ccccc43)c2=O)ccc1O. The lowest BCUT2D eigenvalue weighted by atomic mass is 10.2. The number of H-pyrrole nitrogens is 1. The van der Waals surface area contributed by atoms with E-state index < -0.39 is 0 Å². The van der Waals surface area contributed by atoms with Crippen molar-refractivity contribution in [1.29, 1.82) is 0 Å². The third kappa shape index (κ3) is 2.51. The van der Waals surface area contributed by atoms with Crippen LogP contribution in [0.2, 0.25) is 0 Å². The molecular weight excluding hydrogens is 320 g/mol. The summed E-state index contributed by atoms with van der Waals surface area (Å²) in [6.07, 6.45) is 2.89. The summed E-state index contributed by atoms with van der Waals surface area (Å²) in [5.74, 6) is 0.374. The van der Waals surface area contributed by atoms with Gasteiger partial charge in [0.25, 0.3) is 5.56 Å². The number of fused-ring (bicyclic) bond motifs is 3. The third-order valence-corrected chi connectivity index (χ3v) is 3.93. The Morgan fingerprint density at radius 2 is 2.12 bits per heavy atom. The average molecular weight is 334 g/mol. The molecule has 0 saturated carbocycles. The number of aromatic amines is 1. The fourth-order valence-electron chi connectivity index (χ4n) is 2.68. The van der Waals surface area contributed by atoms with Gasteiger partial charge in [0.2, 0.25) is 0 Å². The van der Waals surface area contributed by atoms with E-state index in [1.165, 1.54) is 25.7 Å². The van der Waals surface area contributed by atoms with Crippen molar-refractivity contribution in [3.05, 3.63) is 64.7 Å². The number of methoxy groups -OCH3 is 1. The lowest BCUT2D eigenvalue weighted by Crippen LogP contribution is -2.17. The molecule has 0 amide bonds. The summed E-state index contributed by atoms with van der Waals surface area (Å²) < 4.78 is 6.22. The smallest absolute Gasteiger partial charge is 0.298 e. The van der Waals surface area contributed by atoms with Gasteiger partial charge in [-0.1, -0.05) is 18.2 Å². The minimum atomic E-state index is -0.289. The summed E-state index contributed by atoms with van der Waals surface area (Å²) in [6, 6.07) is 12.4. The van der Waals surface area contributed by atoms with Crippen LogP contribution >= 0.6 is 0 Å². The fraction of sp³-hybridized carbons (Fsp3) is 0.0556. The Kier molecular flexibility index (Phi) is 3.46. The highest BCUT2D eigenvalue weighted by Gasteiger charge is 2.10. The number of phenols is 1. The van der Waals surface area contributed by atoms with Gasteiger partial charge < -0.3 is 14.8 Å². The number of nitrogens with zero attached hydrogens (tertiary/aromatic N) is 3.